The third kappa shape index (κ3) is 4.85. The Balaban J connectivity index is 1.53. The molecule has 8 heteroatoms. The molecule has 0 bridgehead atoms. The summed E-state index contributed by atoms with van der Waals surface area (Å²) in [6, 6.07) is 7.69. The molecule has 33 heavy (non-hydrogen) atoms. The zero-order valence-corrected chi connectivity index (χ0v) is 20.4. The average molecular weight is 467 g/mol. The van der Waals surface area contributed by atoms with Crippen molar-refractivity contribution in [1.82, 2.24) is 14.5 Å². The molecule has 1 aliphatic rings. The summed E-state index contributed by atoms with van der Waals surface area (Å²) in [6.45, 7) is 9.56. The lowest BCUT2D eigenvalue weighted by atomic mass is 9.99. The highest BCUT2D eigenvalue weighted by atomic mass is 32.1. The van der Waals surface area contributed by atoms with E-state index in [4.69, 9.17) is 0 Å². The minimum Gasteiger partial charge on any atom is -0.338 e. The van der Waals surface area contributed by atoms with Crippen LogP contribution in [0.1, 0.15) is 60.3 Å². The summed E-state index contributed by atoms with van der Waals surface area (Å²) >= 11 is 1.26. The van der Waals surface area contributed by atoms with Crippen LogP contribution in [0.5, 0.6) is 0 Å². The van der Waals surface area contributed by atoms with Crippen LogP contribution in [0.2, 0.25) is 0 Å². The average Bonchev–Trinajstić information content (AvgIpc) is 3.13. The molecule has 2 aromatic heterocycles. The van der Waals surface area contributed by atoms with Crippen molar-refractivity contribution < 1.29 is 9.59 Å². The van der Waals surface area contributed by atoms with Crippen LogP contribution in [-0.2, 0) is 11.3 Å². The minimum absolute atomic E-state index is 0.0315. The molecule has 0 aliphatic carbocycles. The maximum atomic E-state index is 13.1. The van der Waals surface area contributed by atoms with Gasteiger partial charge in [0, 0.05) is 18.8 Å². The Morgan fingerprint density at radius 3 is 2.48 bits per heavy atom. The summed E-state index contributed by atoms with van der Waals surface area (Å²) in [5.41, 5.74) is 2.22. The molecule has 1 saturated heterocycles. The first-order chi connectivity index (χ1) is 15.7. The molecule has 1 aromatic carbocycles. The highest BCUT2D eigenvalue weighted by Gasteiger charge is 2.26. The van der Waals surface area contributed by atoms with E-state index in [1.807, 2.05) is 29.2 Å². The van der Waals surface area contributed by atoms with Crippen LogP contribution in [-0.4, -0.2) is 39.4 Å². The van der Waals surface area contributed by atoms with Crippen molar-refractivity contribution in [3.8, 4) is 0 Å². The van der Waals surface area contributed by atoms with Gasteiger partial charge in [-0.3, -0.25) is 19.0 Å². The number of piperidine rings is 1. The van der Waals surface area contributed by atoms with Gasteiger partial charge in [0.1, 0.15) is 11.4 Å². The Labute approximate surface area is 197 Å². The molecule has 0 saturated carbocycles. The van der Waals surface area contributed by atoms with Crippen LogP contribution in [0.25, 0.3) is 10.2 Å². The first-order valence-corrected chi connectivity index (χ1v) is 12.2. The van der Waals surface area contributed by atoms with Gasteiger partial charge in [0.2, 0.25) is 5.91 Å². The van der Waals surface area contributed by atoms with Gasteiger partial charge >= 0.3 is 0 Å². The van der Waals surface area contributed by atoms with E-state index in [1.54, 1.807) is 6.92 Å². The molecule has 0 unspecified atom stereocenters. The number of aromatic nitrogens is 2. The second-order valence-corrected chi connectivity index (χ2v) is 10.2. The SMILES string of the molecule is Cc1c(C(=O)N2CCC(C)CC2)sc2ncn(CC(=O)Nc3ccc(C(C)C)cc3)c(=O)c12. The van der Waals surface area contributed by atoms with Gasteiger partial charge < -0.3 is 10.2 Å². The fraction of sp³-hybridized carbons (Fsp3) is 0.440. The minimum atomic E-state index is -0.304. The van der Waals surface area contributed by atoms with E-state index in [0.717, 1.165) is 25.9 Å². The van der Waals surface area contributed by atoms with Crippen LogP contribution in [0.3, 0.4) is 0 Å². The van der Waals surface area contributed by atoms with Crippen molar-refractivity contribution in [2.45, 2.75) is 53.0 Å². The zero-order valence-electron chi connectivity index (χ0n) is 19.6. The van der Waals surface area contributed by atoms with Crippen LogP contribution < -0.4 is 10.9 Å². The fourth-order valence-electron chi connectivity index (χ4n) is 4.14. The molecular formula is C25H30N4O3S. The van der Waals surface area contributed by atoms with Crippen molar-refractivity contribution in [3.63, 3.8) is 0 Å². The number of thiophene rings is 1. The molecule has 1 fully saturated rings. The number of rotatable bonds is 5. The van der Waals surface area contributed by atoms with E-state index in [2.05, 4.69) is 31.1 Å². The maximum absolute atomic E-state index is 13.1. The number of benzene rings is 1. The maximum Gasteiger partial charge on any atom is 0.264 e. The summed E-state index contributed by atoms with van der Waals surface area (Å²) in [5, 5.41) is 3.25. The highest BCUT2D eigenvalue weighted by Crippen LogP contribution is 2.29. The van der Waals surface area contributed by atoms with Gasteiger partial charge in [-0.25, -0.2) is 4.98 Å². The lowest BCUT2D eigenvalue weighted by Crippen LogP contribution is -2.37. The molecule has 4 rings (SSSR count). The normalized spacial score (nSPS) is 14.8. The lowest BCUT2D eigenvalue weighted by Gasteiger charge is -2.30. The third-order valence-corrected chi connectivity index (χ3v) is 7.55. The number of anilines is 1. The third-order valence-electron chi connectivity index (χ3n) is 6.36. The topological polar surface area (TPSA) is 84.3 Å². The first-order valence-electron chi connectivity index (χ1n) is 11.4. The molecule has 7 nitrogen and oxygen atoms in total. The van der Waals surface area contributed by atoms with Gasteiger partial charge in [-0.05, 0) is 54.9 Å². The summed E-state index contributed by atoms with van der Waals surface area (Å²) in [6.07, 6.45) is 3.38. The highest BCUT2D eigenvalue weighted by molar-refractivity contribution is 7.20. The van der Waals surface area contributed by atoms with E-state index in [1.165, 1.54) is 27.8 Å². The molecule has 174 valence electrons. The van der Waals surface area contributed by atoms with Gasteiger partial charge in [0.15, 0.2) is 0 Å². The van der Waals surface area contributed by atoms with Gasteiger partial charge in [-0.1, -0.05) is 32.9 Å². The number of carbonyl (C=O) groups excluding carboxylic acids is 2. The van der Waals surface area contributed by atoms with Gasteiger partial charge in [0.05, 0.1) is 16.6 Å². The van der Waals surface area contributed by atoms with E-state index >= 15 is 0 Å². The molecule has 3 aromatic rings. The second kappa shape index (κ2) is 9.47. The van der Waals surface area contributed by atoms with Crippen molar-refractivity contribution in [2.75, 3.05) is 18.4 Å². The quantitative estimate of drug-likeness (QED) is 0.604. The van der Waals surface area contributed by atoms with Crippen molar-refractivity contribution in [1.29, 1.82) is 0 Å². The number of nitrogens with zero attached hydrogens (tertiary/aromatic N) is 3. The monoisotopic (exact) mass is 466 g/mol. The van der Waals surface area contributed by atoms with Gasteiger partial charge in [0.25, 0.3) is 11.5 Å². The Kier molecular flexibility index (Phi) is 6.65. The Bertz CT molecular complexity index is 1240. The number of hydrogen-bond acceptors (Lipinski definition) is 5. The van der Waals surface area contributed by atoms with Crippen LogP contribution in [0, 0.1) is 12.8 Å². The summed E-state index contributed by atoms with van der Waals surface area (Å²) in [4.78, 5) is 46.1. The molecular weight excluding hydrogens is 436 g/mol. The molecule has 0 atom stereocenters. The van der Waals surface area contributed by atoms with Crippen molar-refractivity contribution in [3.05, 3.63) is 57.0 Å². The van der Waals surface area contributed by atoms with E-state index in [9.17, 15) is 14.4 Å². The molecule has 1 aliphatic heterocycles. The standard InChI is InChI=1S/C25H30N4O3S/c1-15(2)18-5-7-19(8-6-18)27-20(30)13-29-14-26-23-21(24(29)31)17(4)22(33-23)25(32)28-11-9-16(3)10-12-28/h5-8,14-16H,9-13H2,1-4H3,(H,27,30). The summed E-state index contributed by atoms with van der Waals surface area (Å²) < 4.78 is 1.30. The fourth-order valence-corrected chi connectivity index (χ4v) is 5.24. The smallest absolute Gasteiger partial charge is 0.264 e. The first kappa shape index (κ1) is 23.2. The van der Waals surface area contributed by atoms with Gasteiger partial charge in [-0.2, -0.15) is 0 Å². The van der Waals surface area contributed by atoms with E-state index in [-0.39, 0.29) is 23.9 Å². The van der Waals surface area contributed by atoms with Gasteiger partial charge in [-0.15, -0.1) is 11.3 Å². The number of aryl methyl sites for hydroxylation is 1. The number of carbonyl (C=O) groups is 2. The molecule has 0 radical (unpaired) electrons. The number of fused-ring (bicyclic) bond motifs is 1. The van der Waals surface area contributed by atoms with Crippen molar-refractivity contribution >= 4 is 39.1 Å². The number of amides is 2. The van der Waals surface area contributed by atoms with Crippen molar-refractivity contribution in [2.24, 2.45) is 5.92 Å². The van der Waals surface area contributed by atoms with E-state index in [0.29, 0.717) is 38.2 Å². The molecule has 1 N–H and O–H groups in total. The Morgan fingerprint density at radius 1 is 1.18 bits per heavy atom. The predicted octanol–water partition coefficient (Wildman–Crippen LogP) is 4.40. The van der Waals surface area contributed by atoms with Crippen LogP contribution in [0.4, 0.5) is 5.69 Å². The molecule has 3 heterocycles. The largest absolute Gasteiger partial charge is 0.338 e. The van der Waals surface area contributed by atoms with E-state index < -0.39 is 0 Å². The number of nitrogens with one attached hydrogen (secondary N) is 1. The number of likely N-dealkylation sites (tertiary alicyclic amines) is 1. The Hall–Kier alpha value is -3.00. The predicted molar refractivity (Wildman–Crippen MR) is 132 cm³/mol. The molecule has 2 amide bonds. The van der Waals surface area contributed by atoms with Crippen LogP contribution >= 0.6 is 11.3 Å². The second-order valence-electron chi connectivity index (χ2n) is 9.21. The summed E-state index contributed by atoms with van der Waals surface area (Å²) in [5.74, 6) is 0.707. The Morgan fingerprint density at radius 2 is 1.85 bits per heavy atom. The number of hydrogen-bond donors (Lipinski definition) is 1. The zero-order chi connectivity index (χ0) is 23.7. The molecule has 0 spiro atoms. The summed E-state index contributed by atoms with van der Waals surface area (Å²) in [7, 11) is 0. The van der Waals surface area contributed by atoms with Crippen LogP contribution in [0.15, 0.2) is 35.4 Å². The lowest BCUT2D eigenvalue weighted by molar-refractivity contribution is -0.116.